The molecule has 33 heavy (non-hydrogen) atoms. The quantitative estimate of drug-likeness (QED) is 0.608. The normalized spacial score (nSPS) is 17.5. The number of nitrogens with one attached hydrogen (secondary N) is 1. The van der Waals surface area contributed by atoms with E-state index in [4.69, 9.17) is 0 Å². The molecule has 1 aliphatic heterocycles. The first-order chi connectivity index (χ1) is 15.5. The van der Waals surface area contributed by atoms with Gasteiger partial charge < -0.3 is 5.32 Å². The highest BCUT2D eigenvalue weighted by atomic mass is 32.2. The van der Waals surface area contributed by atoms with Crippen LogP contribution < -0.4 is 9.62 Å². The van der Waals surface area contributed by atoms with Crippen molar-refractivity contribution in [3.63, 3.8) is 0 Å². The van der Waals surface area contributed by atoms with Crippen LogP contribution in [0, 0.1) is 13.8 Å². The topological polar surface area (TPSA) is 104 Å². The maximum Gasteiger partial charge on any atom is 0.264 e. The number of piperidine rings is 1. The zero-order chi connectivity index (χ0) is 24.2. The minimum Gasteiger partial charge on any atom is -0.352 e. The summed E-state index contributed by atoms with van der Waals surface area (Å²) in [5, 5.41) is 2.87. The molecule has 1 unspecified atom stereocenters. The van der Waals surface area contributed by atoms with Gasteiger partial charge in [0, 0.05) is 32.1 Å². The van der Waals surface area contributed by atoms with Crippen LogP contribution in [0.3, 0.4) is 0 Å². The number of nitrogens with zero attached hydrogens (tertiary/aromatic N) is 2. The minimum atomic E-state index is -3.87. The Morgan fingerprint density at radius 2 is 1.58 bits per heavy atom. The van der Waals surface area contributed by atoms with Gasteiger partial charge in [-0.3, -0.25) is 9.10 Å². The summed E-state index contributed by atoms with van der Waals surface area (Å²) >= 11 is 0. The Morgan fingerprint density at radius 1 is 1.00 bits per heavy atom. The van der Waals surface area contributed by atoms with Gasteiger partial charge in [0.1, 0.15) is 0 Å². The van der Waals surface area contributed by atoms with Crippen LogP contribution in [0.4, 0.5) is 5.69 Å². The first-order valence-electron chi connectivity index (χ1n) is 10.9. The first kappa shape index (κ1) is 25.2. The summed E-state index contributed by atoms with van der Waals surface area (Å²) in [6.07, 6.45) is 2.46. The van der Waals surface area contributed by atoms with Gasteiger partial charge in [-0.2, -0.15) is 0 Å². The summed E-state index contributed by atoms with van der Waals surface area (Å²) in [5.41, 5.74) is 2.43. The van der Waals surface area contributed by atoms with Crippen LogP contribution in [0.2, 0.25) is 0 Å². The van der Waals surface area contributed by atoms with Crippen LogP contribution in [0.1, 0.15) is 30.4 Å². The van der Waals surface area contributed by atoms with Crippen molar-refractivity contribution in [1.82, 2.24) is 9.62 Å². The molecule has 0 bridgehead atoms. The predicted molar refractivity (Wildman–Crippen MR) is 129 cm³/mol. The van der Waals surface area contributed by atoms with Crippen LogP contribution in [0.5, 0.6) is 0 Å². The molecular weight excluding hydrogens is 462 g/mol. The van der Waals surface area contributed by atoms with Gasteiger partial charge in [-0.25, -0.2) is 21.1 Å². The number of hydrogen-bond acceptors (Lipinski definition) is 5. The lowest BCUT2D eigenvalue weighted by Crippen LogP contribution is -2.49. The van der Waals surface area contributed by atoms with Gasteiger partial charge in [0.2, 0.25) is 15.9 Å². The lowest BCUT2D eigenvalue weighted by atomic mass is 10.1. The van der Waals surface area contributed by atoms with Crippen molar-refractivity contribution in [1.29, 1.82) is 0 Å². The van der Waals surface area contributed by atoms with Crippen LogP contribution in [0.25, 0.3) is 0 Å². The fraction of sp³-hybridized carbons (Fsp3) is 0.435. The molecule has 8 nitrogen and oxygen atoms in total. The fourth-order valence-electron chi connectivity index (χ4n) is 3.80. The van der Waals surface area contributed by atoms with Gasteiger partial charge >= 0.3 is 0 Å². The summed E-state index contributed by atoms with van der Waals surface area (Å²) in [5.74, 6) is -0.313. The first-order valence-corrected chi connectivity index (χ1v) is 14.2. The molecule has 10 heteroatoms. The Hall–Kier alpha value is -2.43. The number of aryl methyl sites for hydroxylation is 2. The number of hydrogen-bond donors (Lipinski definition) is 1. The zero-order valence-corrected chi connectivity index (χ0v) is 20.8. The molecule has 0 aliphatic carbocycles. The Labute approximate surface area is 196 Å². The van der Waals surface area contributed by atoms with Crippen molar-refractivity contribution >= 4 is 31.6 Å². The van der Waals surface area contributed by atoms with Gasteiger partial charge in [0.25, 0.3) is 10.0 Å². The highest BCUT2D eigenvalue weighted by Gasteiger charge is 2.28. The SMILES string of the molecule is Cc1ccc(N(CCC(=O)NC2CCCN(S(C)(=O)=O)C2)S(=O)(=O)c2ccc(C)cc2)cc1. The number of carbonyl (C=O) groups is 1. The number of rotatable bonds is 8. The smallest absolute Gasteiger partial charge is 0.264 e. The molecule has 0 radical (unpaired) electrons. The van der Waals surface area contributed by atoms with E-state index >= 15 is 0 Å². The lowest BCUT2D eigenvalue weighted by molar-refractivity contribution is -0.121. The second kappa shape index (κ2) is 10.2. The minimum absolute atomic E-state index is 0.0341. The van der Waals surface area contributed by atoms with E-state index in [2.05, 4.69) is 5.32 Å². The number of amides is 1. The van der Waals surface area contributed by atoms with Gasteiger partial charge in [0.05, 0.1) is 16.8 Å². The Balaban J connectivity index is 1.75. The van der Waals surface area contributed by atoms with E-state index in [1.54, 1.807) is 36.4 Å². The zero-order valence-electron chi connectivity index (χ0n) is 19.2. The Bertz CT molecular complexity index is 1180. The maximum atomic E-state index is 13.4. The highest BCUT2D eigenvalue weighted by Crippen LogP contribution is 2.25. The lowest BCUT2D eigenvalue weighted by Gasteiger charge is -2.31. The predicted octanol–water partition coefficient (Wildman–Crippen LogP) is 2.43. The third-order valence-electron chi connectivity index (χ3n) is 5.69. The fourth-order valence-corrected chi connectivity index (χ4v) is 6.18. The summed E-state index contributed by atoms with van der Waals surface area (Å²) in [7, 11) is -7.19. The molecule has 0 saturated carbocycles. The van der Waals surface area contributed by atoms with Crippen molar-refractivity contribution in [2.24, 2.45) is 0 Å². The van der Waals surface area contributed by atoms with Crippen molar-refractivity contribution in [3.8, 4) is 0 Å². The Morgan fingerprint density at radius 3 is 2.15 bits per heavy atom. The van der Waals surface area contributed by atoms with E-state index in [0.717, 1.165) is 17.4 Å². The molecule has 2 aromatic carbocycles. The second-order valence-corrected chi connectivity index (χ2v) is 12.3. The molecule has 1 aliphatic rings. The van der Waals surface area contributed by atoms with Crippen LogP contribution in [0.15, 0.2) is 53.4 Å². The van der Waals surface area contributed by atoms with E-state index < -0.39 is 20.0 Å². The molecular formula is C23H31N3O5S2. The molecule has 0 spiro atoms. The molecule has 180 valence electrons. The van der Waals surface area contributed by atoms with Crippen molar-refractivity contribution in [3.05, 3.63) is 59.7 Å². The summed E-state index contributed by atoms with van der Waals surface area (Å²) in [6.45, 7) is 4.44. The molecule has 1 heterocycles. The largest absolute Gasteiger partial charge is 0.352 e. The molecule has 1 atom stereocenters. The average molecular weight is 494 g/mol. The standard InChI is InChI=1S/C23H31N3O5S2/c1-18-6-10-21(11-7-18)26(33(30,31)22-12-8-19(2)9-13-22)16-14-23(27)24-20-5-4-15-25(17-20)32(3,28)29/h6-13,20H,4-5,14-17H2,1-3H3,(H,24,27). The molecule has 0 aromatic heterocycles. The van der Waals surface area contributed by atoms with E-state index in [1.165, 1.54) is 8.61 Å². The maximum absolute atomic E-state index is 13.4. The molecule has 1 saturated heterocycles. The second-order valence-electron chi connectivity index (χ2n) is 8.50. The van der Waals surface area contributed by atoms with Crippen molar-refractivity contribution in [2.75, 3.05) is 30.2 Å². The van der Waals surface area contributed by atoms with E-state index in [9.17, 15) is 21.6 Å². The third-order valence-corrected chi connectivity index (χ3v) is 8.80. The van der Waals surface area contributed by atoms with Gasteiger partial charge in [-0.05, 0) is 51.0 Å². The summed E-state index contributed by atoms with van der Waals surface area (Å²) < 4.78 is 53.1. The van der Waals surface area contributed by atoms with Gasteiger partial charge in [0.15, 0.2) is 0 Å². The van der Waals surface area contributed by atoms with E-state index in [0.29, 0.717) is 25.1 Å². The monoisotopic (exact) mass is 493 g/mol. The number of sulfonamides is 2. The molecule has 1 N–H and O–H groups in total. The van der Waals surface area contributed by atoms with Crippen molar-refractivity contribution in [2.45, 2.75) is 44.0 Å². The summed E-state index contributed by atoms with van der Waals surface area (Å²) in [4.78, 5) is 12.8. The van der Waals surface area contributed by atoms with Gasteiger partial charge in [-0.1, -0.05) is 35.4 Å². The van der Waals surface area contributed by atoms with Crippen LogP contribution in [-0.2, 0) is 24.8 Å². The molecule has 3 rings (SSSR count). The third kappa shape index (κ3) is 6.55. The number of carbonyl (C=O) groups excluding carboxylic acids is 1. The number of benzene rings is 2. The van der Waals surface area contributed by atoms with E-state index in [1.807, 2.05) is 26.0 Å². The molecule has 2 aromatic rings. The molecule has 1 fully saturated rings. The highest BCUT2D eigenvalue weighted by molar-refractivity contribution is 7.92. The average Bonchev–Trinajstić information content (AvgIpc) is 2.75. The number of anilines is 1. The van der Waals surface area contributed by atoms with E-state index in [-0.39, 0.29) is 36.4 Å². The van der Waals surface area contributed by atoms with Crippen molar-refractivity contribution < 1.29 is 21.6 Å². The Kier molecular flexibility index (Phi) is 7.81. The van der Waals surface area contributed by atoms with Gasteiger partial charge in [-0.15, -0.1) is 0 Å². The summed E-state index contributed by atoms with van der Waals surface area (Å²) in [6, 6.07) is 13.4. The van der Waals surface area contributed by atoms with Crippen LogP contribution in [-0.4, -0.2) is 59.0 Å². The molecule has 1 amide bonds. The van der Waals surface area contributed by atoms with Crippen LogP contribution >= 0.6 is 0 Å².